The van der Waals surface area contributed by atoms with Gasteiger partial charge in [-0.1, -0.05) is 0 Å². The van der Waals surface area contributed by atoms with Crippen LogP contribution in [-0.4, -0.2) is 112 Å². The predicted molar refractivity (Wildman–Crippen MR) is 133 cm³/mol. The Labute approximate surface area is 279 Å². The van der Waals surface area contributed by atoms with E-state index >= 15 is 0 Å². The maximum atomic E-state index is 7.93. The molecule has 4 rings (SSSR count). The molecule has 0 amide bonds. The van der Waals surface area contributed by atoms with E-state index in [-0.39, 0.29) is 112 Å². The number of hydrogen-bond acceptors (Lipinski definition) is 10. The minimum atomic E-state index is -1.44. The van der Waals surface area contributed by atoms with E-state index in [2.05, 4.69) is 42.3 Å². The molecule has 4 aliphatic rings. The zero-order valence-corrected chi connectivity index (χ0v) is 32.3. The summed E-state index contributed by atoms with van der Waals surface area (Å²) in [5.74, 6) is 0.0347. The van der Waals surface area contributed by atoms with Crippen molar-refractivity contribution in [3.8, 4) is 0 Å². The van der Waals surface area contributed by atoms with Crippen molar-refractivity contribution in [2.24, 2.45) is 5.92 Å². The summed E-state index contributed by atoms with van der Waals surface area (Å²) in [6.07, 6.45) is -0.824. The third-order valence-corrected chi connectivity index (χ3v) is 8.75. The van der Waals surface area contributed by atoms with Crippen molar-refractivity contribution < 1.29 is 102 Å². The van der Waals surface area contributed by atoms with Gasteiger partial charge in [0.25, 0.3) is 8.53 Å². The van der Waals surface area contributed by atoms with Crippen LogP contribution in [0.4, 0.5) is 0 Å². The van der Waals surface area contributed by atoms with Crippen LogP contribution in [0, 0.1) is 87.9 Å². The molecule has 0 aliphatic carbocycles. The van der Waals surface area contributed by atoms with E-state index in [4.69, 9.17) is 42.2 Å². The Balaban J connectivity index is 0.00000153. The molecule has 1 unspecified atom stereocenters. The summed E-state index contributed by atoms with van der Waals surface area (Å²) in [5.41, 5.74) is -1.38. The molecule has 0 spiro atoms. The van der Waals surface area contributed by atoms with E-state index < -0.39 is 25.8 Å². The maximum absolute atomic E-state index is 7.93. The van der Waals surface area contributed by atoms with Crippen LogP contribution in [0.1, 0.15) is 36.0 Å². The van der Waals surface area contributed by atoms with Crippen LogP contribution in [0.25, 0.3) is 4.85 Å². The van der Waals surface area contributed by atoms with Gasteiger partial charge < -0.3 is 37.9 Å². The normalized spacial score (nSPS) is 34.4. The van der Waals surface area contributed by atoms with Crippen LogP contribution in [0.3, 0.4) is 0 Å². The number of rotatable bonds is 13. The average molecular weight is 1010 g/mol. The fraction of sp³-hybridized carbons (Fsp3) is 0.875. The summed E-state index contributed by atoms with van der Waals surface area (Å²) in [6, 6.07) is 0.397. The number of nitrogens with zero attached hydrogens (tertiary/aromatic N) is 3. The largest absolute Gasteiger partial charge is 0.543 e. The summed E-state index contributed by atoms with van der Waals surface area (Å²) in [6.45, 7) is 21.2. The van der Waals surface area contributed by atoms with Crippen LogP contribution in [0.5, 0.6) is 0 Å². The van der Waals surface area contributed by atoms with Crippen LogP contribution in [-0.2, 0) is 32.8 Å². The molecule has 1 N–H and O–H groups in total. The van der Waals surface area contributed by atoms with E-state index in [0.29, 0.717) is 26.4 Å². The molecular weight excluding hydrogens is 965 g/mol. The first-order chi connectivity index (χ1) is 18.2. The molecule has 14 heteroatoms. The molecule has 0 aromatic heterocycles. The van der Waals surface area contributed by atoms with Gasteiger partial charge >= 0.3 is 0 Å². The van der Waals surface area contributed by atoms with E-state index in [1.54, 1.807) is 18.3 Å². The number of ether oxygens (including phenoxy) is 4. The summed E-state index contributed by atoms with van der Waals surface area (Å²) >= 11 is 0. The fourth-order valence-corrected chi connectivity index (χ4v) is 6.66. The van der Waals surface area contributed by atoms with E-state index in [9.17, 15) is 0 Å². The molecule has 0 saturated carbocycles. The van der Waals surface area contributed by atoms with Gasteiger partial charge in [-0.15, -0.1) is 0 Å². The van der Waals surface area contributed by atoms with E-state index in [1.807, 2.05) is 7.05 Å². The molecule has 4 bridgehead atoms. The number of aliphatic hydroxyl groups is 1. The van der Waals surface area contributed by atoms with Crippen LogP contribution >= 0.6 is 8.53 Å². The molecule has 0 aromatic carbocycles. The van der Waals surface area contributed by atoms with Crippen molar-refractivity contribution in [3.63, 3.8) is 0 Å². The monoisotopic (exact) mass is 1010 g/mol. The predicted octanol–water partition coefficient (Wildman–Crippen LogP) is 2.42. The van der Waals surface area contributed by atoms with Gasteiger partial charge in [-0.3, -0.25) is 4.84 Å². The zero-order chi connectivity index (χ0) is 27.9. The standard InChI is InChI=1S/C23H38N3O7P.CH4O.2U/c1-16(2)26(17(3)4)34(32-9-8-24-6)33-21-20-12-30-23(21,14-28-20)15-31-25(7)10-18-19-11-29-22(18,5)13-27-19;1-2;;/h11-12,16-21H,8-10,13-15H2,1-5,7H3;2H,1H3;;/q-2;;;/t18-,19-,20-,21-,22-,23+,34?;;;/m0.../s1/i5D;2T;;. The number of hydroxylamine groups is 2. The second-order valence-corrected chi connectivity index (χ2v) is 11.3. The quantitative estimate of drug-likeness (QED) is 0.129. The third-order valence-electron chi connectivity index (χ3n) is 6.64. The number of aliphatic hydroxyl groups excluding tert-OH is 1. The SMILES string of the molecule is [2H]C[C@@]12CO[C@@H]([CH-]O1)[C@@H]2CN(C)OC[C@@]12CO[C@@H]([CH-]O1)[C@@H]2OP(OCC[N+]#[C-])N(C(C)C)C(C)C.[3H]OC.[U].[U]. The van der Waals surface area contributed by atoms with Crippen molar-refractivity contribution in [1.29, 1.82) is 1.43 Å². The second kappa shape index (κ2) is 17.1. The molecule has 4 heterocycles. The van der Waals surface area contributed by atoms with Crippen LogP contribution < -0.4 is 0 Å². The van der Waals surface area contributed by atoms with E-state index in [1.165, 1.54) is 7.11 Å². The third kappa shape index (κ3) is 8.60. The van der Waals surface area contributed by atoms with Crippen LogP contribution in [0.15, 0.2) is 0 Å². The Kier molecular flexibility index (Phi) is 15.3. The topological polar surface area (TPSA) is 95.7 Å². The second-order valence-electron chi connectivity index (χ2n) is 9.93. The van der Waals surface area contributed by atoms with E-state index in [0.717, 1.165) is 0 Å². The summed E-state index contributed by atoms with van der Waals surface area (Å²) in [7, 11) is 1.72. The first-order valence-corrected chi connectivity index (χ1v) is 13.4. The van der Waals surface area contributed by atoms with Gasteiger partial charge in [0.2, 0.25) is 7.98 Å². The number of fused-ring (bicyclic) bond motifs is 4. The summed E-state index contributed by atoms with van der Waals surface area (Å²) in [5, 5.41) is 5.27. The molecule has 11 nitrogen and oxygen atoms in total. The first kappa shape index (κ1) is 34.1. The smallest absolute Gasteiger partial charge is 0.259 e. The molecule has 4 aliphatic heterocycles. The molecule has 4 fully saturated rings. The van der Waals surface area contributed by atoms with Gasteiger partial charge in [0.15, 0.2) is 0 Å². The minimum absolute atomic E-state index is 0. The first-order valence-electron chi connectivity index (χ1n) is 13.4. The molecule has 216 valence electrons. The summed E-state index contributed by atoms with van der Waals surface area (Å²) in [4.78, 5) is 9.55. The Morgan fingerprint density at radius 3 is 2.39 bits per heavy atom. The Bertz CT molecular complexity index is 767. The van der Waals surface area contributed by atoms with Gasteiger partial charge in [0, 0.05) is 102 Å². The Hall–Kier alpha value is 1.62. The van der Waals surface area contributed by atoms with Crippen molar-refractivity contribution in [3.05, 3.63) is 24.6 Å². The van der Waals surface area contributed by atoms with Crippen molar-refractivity contribution >= 4 is 8.53 Å². The van der Waals surface area contributed by atoms with Crippen molar-refractivity contribution in [1.82, 2.24) is 9.73 Å². The van der Waals surface area contributed by atoms with Gasteiger partial charge in [0.1, 0.15) is 12.2 Å². The summed E-state index contributed by atoms with van der Waals surface area (Å²) < 4.78 is 52.1. The molecule has 7 atom stereocenters. The maximum Gasteiger partial charge on any atom is 0.259 e. The molecule has 38 heavy (non-hydrogen) atoms. The molecule has 0 radical (unpaired) electrons. The molecule has 0 aromatic rings. The fourth-order valence-electron chi connectivity index (χ4n) is 4.86. The minimum Gasteiger partial charge on any atom is -0.543 e. The van der Waals surface area contributed by atoms with Gasteiger partial charge in [0.05, 0.1) is 31.5 Å². The number of hydrogen-bond donors (Lipinski definition) is 1. The molecule has 4 saturated heterocycles. The zero-order valence-electron chi connectivity index (χ0n) is 25.1. The molecular formula is C24H42N3O8PU2-2. The van der Waals surface area contributed by atoms with Crippen LogP contribution in [0.2, 0.25) is 0 Å². The van der Waals surface area contributed by atoms with Gasteiger partial charge in [-0.05, 0) is 46.8 Å². The Morgan fingerprint density at radius 1 is 1.21 bits per heavy atom. The Morgan fingerprint density at radius 2 is 1.87 bits per heavy atom. The van der Waals surface area contributed by atoms with Crippen molar-refractivity contribution in [2.45, 2.75) is 76.2 Å². The average Bonchev–Trinajstić information content (AvgIpc) is 3.61. The van der Waals surface area contributed by atoms with Crippen molar-refractivity contribution in [2.75, 3.05) is 53.7 Å². The van der Waals surface area contributed by atoms with Gasteiger partial charge in [-0.25, -0.2) is 11.2 Å². The van der Waals surface area contributed by atoms with Gasteiger partial charge in [-0.2, -0.15) is 18.3 Å².